The summed E-state index contributed by atoms with van der Waals surface area (Å²) in [6.45, 7) is 3.61. The lowest BCUT2D eigenvalue weighted by Crippen LogP contribution is -2.37. The van der Waals surface area contributed by atoms with E-state index in [0.29, 0.717) is 0 Å². The summed E-state index contributed by atoms with van der Waals surface area (Å²) < 4.78 is 47.1. The fourth-order valence-electron chi connectivity index (χ4n) is 3.54. The number of hydrogen-bond acceptors (Lipinski definition) is 7. The maximum absolute atomic E-state index is 15.1. The number of halogens is 2. The molecular weight excluding hydrogens is 376 g/mol. The largest absolute Gasteiger partial charge is 0.469 e. The molecule has 0 saturated heterocycles. The van der Waals surface area contributed by atoms with Crippen LogP contribution in [-0.2, 0) is 29.7 Å². The topological polar surface area (TPSA) is 92.5 Å². The van der Waals surface area contributed by atoms with E-state index in [4.69, 9.17) is 9.47 Å². The number of fused-ring (bicyclic) bond motifs is 1. The number of carbonyl (C=O) groups is 2. The molecule has 2 rings (SSSR count). The Bertz CT molecular complexity index is 707. The molecule has 1 heterocycles. The van der Waals surface area contributed by atoms with Crippen LogP contribution in [0, 0.1) is 5.92 Å². The number of Topliss-reactive ketones (excluding diaryl/α,β-unsaturated/α-hetero) is 1. The minimum Gasteiger partial charge on any atom is -0.469 e. The van der Waals surface area contributed by atoms with Crippen molar-refractivity contribution in [2.45, 2.75) is 63.7 Å². The highest BCUT2D eigenvalue weighted by molar-refractivity contribution is 5.84. The summed E-state index contributed by atoms with van der Waals surface area (Å²) in [6.07, 6.45) is -2.53. The fourth-order valence-corrected chi connectivity index (χ4v) is 3.54. The zero-order valence-corrected chi connectivity index (χ0v) is 16.8. The van der Waals surface area contributed by atoms with Crippen LogP contribution in [0.15, 0.2) is 0 Å². The first-order valence-corrected chi connectivity index (χ1v) is 9.14. The van der Waals surface area contributed by atoms with E-state index >= 15 is 8.78 Å². The molecule has 3 atom stereocenters. The Morgan fingerprint density at radius 2 is 1.89 bits per heavy atom. The Labute approximate surface area is 162 Å². The van der Waals surface area contributed by atoms with Crippen molar-refractivity contribution in [2.75, 3.05) is 21.3 Å². The summed E-state index contributed by atoms with van der Waals surface area (Å²) >= 11 is 0. The molecule has 0 aromatic carbocycles. The molecule has 1 unspecified atom stereocenters. The third kappa shape index (κ3) is 4.54. The average molecular weight is 403 g/mol. The van der Waals surface area contributed by atoms with Crippen LogP contribution in [-0.4, -0.2) is 54.2 Å². The molecule has 0 aliphatic heterocycles. The van der Waals surface area contributed by atoms with Gasteiger partial charge in [-0.3, -0.25) is 9.59 Å². The lowest BCUT2D eigenvalue weighted by Gasteiger charge is -2.33. The first-order valence-electron chi connectivity index (χ1n) is 9.14. The number of methoxy groups -OCH3 is 3. The quantitative estimate of drug-likeness (QED) is 0.646. The predicted octanol–water partition coefficient (Wildman–Crippen LogP) is 2.59. The molecule has 158 valence electrons. The molecule has 1 aliphatic rings. The van der Waals surface area contributed by atoms with E-state index < -0.39 is 47.9 Å². The third-order valence-electron chi connectivity index (χ3n) is 5.01. The van der Waals surface area contributed by atoms with E-state index in [9.17, 15) is 9.59 Å². The normalized spacial score (nSPS) is 24.4. The van der Waals surface area contributed by atoms with Gasteiger partial charge < -0.3 is 14.2 Å². The zero-order valence-electron chi connectivity index (χ0n) is 16.8. The second-order valence-electron chi connectivity index (χ2n) is 7.18. The van der Waals surface area contributed by atoms with Crippen LogP contribution < -0.4 is 0 Å². The number of alkyl halides is 2. The molecule has 0 amide bonds. The molecule has 1 aromatic rings. The van der Waals surface area contributed by atoms with Crippen molar-refractivity contribution < 1.29 is 32.6 Å². The lowest BCUT2D eigenvalue weighted by molar-refractivity contribution is -0.143. The van der Waals surface area contributed by atoms with Crippen molar-refractivity contribution in [2.24, 2.45) is 5.92 Å². The Hall–Kier alpha value is -1.94. The molecule has 0 radical (unpaired) electrons. The van der Waals surface area contributed by atoms with Gasteiger partial charge in [-0.2, -0.15) is 8.78 Å². The smallest absolute Gasteiger partial charge is 0.305 e. The van der Waals surface area contributed by atoms with Crippen LogP contribution >= 0.6 is 0 Å². The molecule has 8 nitrogen and oxygen atoms in total. The number of ether oxygens (including phenoxy) is 3. The molecule has 0 fully saturated rings. The molecule has 0 N–H and O–H groups in total. The van der Waals surface area contributed by atoms with Gasteiger partial charge in [0.05, 0.1) is 25.3 Å². The standard InChI is InChI=1S/C18H27F2N3O5/c1-10(2)23-15-16(28-5)13(26-3)8-11(12(24)6-7-14(25)27-4)9-18(19,20)17(15)21-22-23/h10-11,13,16H,6-9H2,1-5H3/t11?,13-,16+/m0/s1. The maximum Gasteiger partial charge on any atom is 0.305 e. The fraction of sp³-hybridized carbons (Fsp3) is 0.778. The van der Waals surface area contributed by atoms with Crippen LogP contribution in [0.25, 0.3) is 0 Å². The molecule has 28 heavy (non-hydrogen) atoms. The van der Waals surface area contributed by atoms with E-state index in [2.05, 4.69) is 15.0 Å². The van der Waals surface area contributed by atoms with Crippen molar-refractivity contribution in [1.82, 2.24) is 15.0 Å². The monoisotopic (exact) mass is 403 g/mol. The van der Waals surface area contributed by atoms with Gasteiger partial charge in [-0.25, -0.2) is 4.68 Å². The second-order valence-corrected chi connectivity index (χ2v) is 7.18. The Kier molecular flexibility index (Phi) is 7.22. The summed E-state index contributed by atoms with van der Waals surface area (Å²) in [7, 11) is 4.04. The van der Waals surface area contributed by atoms with E-state index in [1.54, 1.807) is 13.8 Å². The Morgan fingerprint density at radius 1 is 1.21 bits per heavy atom. The molecule has 0 saturated carbocycles. The van der Waals surface area contributed by atoms with Crippen molar-refractivity contribution in [3.8, 4) is 0 Å². The van der Waals surface area contributed by atoms with Gasteiger partial charge in [0.2, 0.25) is 0 Å². The van der Waals surface area contributed by atoms with Crippen LogP contribution in [0.5, 0.6) is 0 Å². The highest BCUT2D eigenvalue weighted by Crippen LogP contribution is 2.44. The van der Waals surface area contributed by atoms with Gasteiger partial charge in [-0.1, -0.05) is 5.21 Å². The molecule has 1 aromatic heterocycles. The van der Waals surface area contributed by atoms with Gasteiger partial charge in [0.15, 0.2) is 5.69 Å². The molecular formula is C18H27F2N3O5. The van der Waals surface area contributed by atoms with Crippen molar-refractivity contribution in [3.63, 3.8) is 0 Å². The van der Waals surface area contributed by atoms with Crippen LogP contribution in [0.4, 0.5) is 8.78 Å². The first kappa shape index (κ1) is 22.4. The summed E-state index contributed by atoms with van der Waals surface area (Å²) in [6, 6.07) is -0.209. The van der Waals surface area contributed by atoms with Crippen molar-refractivity contribution in [3.05, 3.63) is 11.4 Å². The van der Waals surface area contributed by atoms with Gasteiger partial charge in [-0.05, 0) is 20.3 Å². The minimum absolute atomic E-state index is 0.0350. The van der Waals surface area contributed by atoms with E-state index in [1.165, 1.54) is 26.0 Å². The number of esters is 1. The summed E-state index contributed by atoms with van der Waals surface area (Å²) in [4.78, 5) is 23.9. The number of hydrogen-bond donors (Lipinski definition) is 0. The lowest BCUT2D eigenvalue weighted by atomic mass is 9.82. The maximum atomic E-state index is 15.1. The van der Waals surface area contributed by atoms with Crippen LogP contribution in [0.1, 0.15) is 63.1 Å². The molecule has 0 bridgehead atoms. The summed E-state index contributed by atoms with van der Waals surface area (Å²) in [5.41, 5.74) is -0.338. The minimum atomic E-state index is -3.37. The Balaban J connectivity index is 2.43. The molecule has 1 aliphatic carbocycles. The number of nitrogens with zero attached hydrogens (tertiary/aromatic N) is 3. The van der Waals surface area contributed by atoms with E-state index in [1.807, 2.05) is 0 Å². The van der Waals surface area contributed by atoms with Gasteiger partial charge in [-0.15, -0.1) is 5.10 Å². The van der Waals surface area contributed by atoms with Gasteiger partial charge in [0, 0.05) is 39.0 Å². The van der Waals surface area contributed by atoms with Crippen molar-refractivity contribution in [1.29, 1.82) is 0 Å². The number of carbonyl (C=O) groups excluding carboxylic acids is 2. The number of ketones is 1. The molecule has 10 heteroatoms. The summed E-state index contributed by atoms with van der Waals surface area (Å²) in [5, 5.41) is 7.61. The van der Waals surface area contributed by atoms with Crippen LogP contribution in [0.2, 0.25) is 0 Å². The highest BCUT2D eigenvalue weighted by Gasteiger charge is 2.48. The number of rotatable bonds is 7. The second kappa shape index (κ2) is 9.04. The number of aromatic nitrogens is 3. The average Bonchev–Trinajstić information content (AvgIpc) is 3.09. The van der Waals surface area contributed by atoms with Crippen LogP contribution in [0.3, 0.4) is 0 Å². The van der Waals surface area contributed by atoms with Gasteiger partial charge in [0.1, 0.15) is 11.9 Å². The molecule has 0 spiro atoms. The van der Waals surface area contributed by atoms with Gasteiger partial charge in [0.25, 0.3) is 5.92 Å². The zero-order chi connectivity index (χ0) is 21.1. The third-order valence-corrected chi connectivity index (χ3v) is 5.01. The van der Waals surface area contributed by atoms with Crippen molar-refractivity contribution >= 4 is 11.8 Å². The van der Waals surface area contributed by atoms with E-state index in [-0.39, 0.29) is 31.0 Å². The Morgan fingerprint density at radius 3 is 2.43 bits per heavy atom. The highest BCUT2D eigenvalue weighted by atomic mass is 19.3. The van der Waals surface area contributed by atoms with E-state index in [0.717, 1.165) is 0 Å². The first-order chi connectivity index (χ1) is 13.2. The van der Waals surface area contributed by atoms with Gasteiger partial charge >= 0.3 is 5.97 Å². The SMILES string of the molecule is COC(=O)CCC(=O)C1C[C@H](OC)[C@@H](OC)c2c(nnn2C(C)C)C(F)(F)C1. The predicted molar refractivity (Wildman–Crippen MR) is 93.8 cm³/mol. The summed E-state index contributed by atoms with van der Waals surface area (Å²) in [5.74, 6) is -5.39.